The number of fused-ring (bicyclic) bond motifs is 2. The highest BCUT2D eigenvalue weighted by Crippen LogP contribution is 2.45. The molecular formula is C20H15NOS. The number of rotatable bonds is 1. The molecule has 2 aliphatic rings. The molecule has 0 aromatic heterocycles. The van der Waals surface area contributed by atoms with Crippen molar-refractivity contribution < 1.29 is 4.79 Å². The Labute approximate surface area is 139 Å². The fourth-order valence-electron chi connectivity index (χ4n) is 2.97. The Hall–Kier alpha value is -2.52. The Morgan fingerprint density at radius 3 is 2.43 bits per heavy atom. The molecule has 1 heterocycles. The van der Waals surface area contributed by atoms with Gasteiger partial charge in [0.15, 0.2) is 5.78 Å². The standard InChI is InChI=1S/C20H15NOS/c1-13-14-7-3-4-8-16(14)20(22)15(13)11-12-19-21(2)17-9-5-6-10-18(17)23-19/h3-12H,1H2,2H3/b15-11+,19-12-. The Morgan fingerprint density at radius 2 is 1.70 bits per heavy atom. The number of carbonyl (C=O) groups is 1. The van der Waals surface area contributed by atoms with E-state index in [4.69, 9.17) is 0 Å². The van der Waals surface area contributed by atoms with Crippen LogP contribution in [0.4, 0.5) is 5.69 Å². The van der Waals surface area contributed by atoms with Crippen molar-refractivity contribution in [3.05, 3.63) is 89.0 Å². The first-order valence-corrected chi connectivity index (χ1v) is 8.24. The fraction of sp³-hybridized carbons (Fsp3) is 0.0500. The lowest BCUT2D eigenvalue weighted by molar-refractivity contribution is 0.104. The molecule has 1 aliphatic carbocycles. The van der Waals surface area contributed by atoms with Crippen molar-refractivity contribution >= 4 is 28.8 Å². The maximum Gasteiger partial charge on any atom is 0.194 e. The van der Waals surface area contributed by atoms with Gasteiger partial charge in [0, 0.05) is 23.1 Å². The number of para-hydroxylation sites is 1. The summed E-state index contributed by atoms with van der Waals surface area (Å²) in [6.45, 7) is 4.09. The average molecular weight is 317 g/mol. The lowest BCUT2D eigenvalue weighted by Gasteiger charge is -2.12. The monoisotopic (exact) mass is 317 g/mol. The van der Waals surface area contributed by atoms with Crippen molar-refractivity contribution in [2.45, 2.75) is 4.90 Å². The summed E-state index contributed by atoms with van der Waals surface area (Å²) in [5.74, 6) is 0.0608. The summed E-state index contributed by atoms with van der Waals surface area (Å²) >= 11 is 1.72. The maximum atomic E-state index is 12.5. The average Bonchev–Trinajstić information content (AvgIpc) is 3.02. The van der Waals surface area contributed by atoms with Crippen LogP contribution in [0.1, 0.15) is 15.9 Å². The van der Waals surface area contributed by atoms with E-state index in [0.29, 0.717) is 5.57 Å². The first kappa shape index (κ1) is 14.1. The number of ketones is 1. The third-order valence-corrected chi connectivity index (χ3v) is 5.42. The number of benzene rings is 2. The van der Waals surface area contributed by atoms with Crippen LogP contribution < -0.4 is 4.90 Å². The minimum Gasteiger partial charge on any atom is -0.338 e. The highest BCUT2D eigenvalue weighted by Gasteiger charge is 2.28. The van der Waals surface area contributed by atoms with Crippen LogP contribution in [0.2, 0.25) is 0 Å². The summed E-state index contributed by atoms with van der Waals surface area (Å²) in [5.41, 5.74) is 4.38. The third kappa shape index (κ3) is 2.16. The smallest absolute Gasteiger partial charge is 0.194 e. The van der Waals surface area contributed by atoms with Crippen LogP contribution in [0.5, 0.6) is 0 Å². The molecule has 2 aromatic carbocycles. The van der Waals surface area contributed by atoms with E-state index in [1.165, 1.54) is 10.6 Å². The zero-order chi connectivity index (χ0) is 16.0. The van der Waals surface area contributed by atoms with Crippen LogP contribution in [0.15, 0.2) is 82.8 Å². The van der Waals surface area contributed by atoms with Crippen LogP contribution in [0, 0.1) is 0 Å². The largest absolute Gasteiger partial charge is 0.338 e. The zero-order valence-electron chi connectivity index (χ0n) is 12.7. The molecule has 1 aliphatic heterocycles. The van der Waals surface area contributed by atoms with Gasteiger partial charge >= 0.3 is 0 Å². The predicted octanol–water partition coefficient (Wildman–Crippen LogP) is 4.91. The molecule has 112 valence electrons. The van der Waals surface area contributed by atoms with Crippen molar-refractivity contribution in [1.82, 2.24) is 0 Å². The molecule has 0 bridgehead atoms. The van der Waals surface area contributed by atoms with Gasteiger partial charge < -0.3 is 4.90 Å². The topological polar surface area (TPSA) is 20.3 Å². The molecule has 0 atom stereocenters. The van der Waals surface area contributed by atoms with Crippen molar-refractivity contribution in [3.63, 3.8) is 0 Å². The second-order valence-electron chi connectivity index (χ2n) is 5.57. The predicted molar refractivity (Wildman–Crippen MR) is 96.7 cm³/mol. The van der Waals surface area contributed by atoms with Gasteiger partial charge in [0.2, 0.25) is 0 Å². The van der Waals surface area contributed by atoms with E-state index < -0.39 is 0 Å². The normalized spacial score (nSPS) is 19.6. The van der Waals surface area contributed by atoms with E-state index in [0.717, 1.165) is 21.7 Å². The van der Waals surface area contributed by atoms with Crippen molar-refractivity contribution in [3.8, 4) is 0 Å². The third-order valence-electron chi connectivity index (χ3n) is 4.23. The molecule has 0 saturated heterocycles. The summed E-state index contributed by atoms with van der Waals surface area (Å²) in [4.78, 5) is 15.9. The Bertz CT molecular complexity index is 870. The van der Waals surface area contributed by atoms with Crippen LogP contribution in [0.3, 0.4) is 0 Å². The molecular weight excluding hydrogens is 302 g/mol. The van der Waals surface area contributed by atoms with E-state index >= 15 is 0 Å². The molecule has 0 fully saturated rings. The van der Waals surface area contributed by atoms with E-state index in [9.17, 15) is 4.79 Å². The Balaban J connectivity index is 1.69. The number of Topliss-reactive ketones (excluding diaryl/α,β-unsaturated/α-hetero) is 1. The number of anilines is 1. The molecule has 2 nitrogen and oxygen atoms in total. The molecule has 4 rings (SSSR count). The molecule has 23 heavy (non-hydrogen) atoms. The summed E-state index contributed by atoms with van der Waals surface area (Å²) < 4.78 is 0. The zero-order valence-corrected chi connectivity index (χ0v) is 13.6. The van der Waals surface area contributed by atoms with Gasteiger partial charge in [-0.3, -0.25) is 4.79 Å². The number of thioether (sulfide) groups is 1. The number of carbonyl (C=O) groups excluding carboxylic acids is 1. The van der Waals surface area contributed by atoms with Gasteiger partial charge in [0.1, 0.15) is 0 Å². The summed E-state index contributed by atoms with van der Waals surface area (Å²) in [7, 11) is 2.04. The fourth-order valence-corrected chi connectivity index (χ4v) is 4.02. The summed E-state index contributed by atoms with van der Waals surface area (Å²) in [6.07, 6.45) is 3.91. The van der Waals surface area contributed by atoms with Crippen molar-refractivity contribution in [1.29, 1.82) is 0 Å². The van der Waals surface area contributed by atoms with Gasteiger partial charge in [-0.1, -0.05) is 54.7 Å². The van der Waals surface area contributed by atoms with Gasteiger partial charge in [-0.25, -0.2) is 0 Å². The second kappa shape index (κ2) is 5.28. The maximum absolute atomic E-state index is 12.5. The number of allylic oxidation sites excluding steroid dienone is 4. The van der Waals surface area contributed by atoms with E-state index in [2.05, 4.69) is 23.6 Å². The molecule has 0 unspecified atom stereocenters. The molecule has 0 radical (unpaired) electrons. The van der Waals surface area contributed by atoms with Gasteiger partial charge in [-0.2, -0.15) is 0 Å². The van der Waals surface area contributed by atoms with Crippen LogP contribution in [-0.2, 0) is 0 Å². The highest BCUT2D eigenvalue weighted by molar-refractivity contribution is 8.03. The van der Waals surface area contributed by atoms with Gasteiger partial charge in [-0.05, 0) is 35.4 Å². The molecule has 0 N–H and O–H groups in total. The number of hydrogen-bond donors (Lipinski definition) is 0. The molecule has 0 amide bonds. The summed E-state index contributed by atoms with van der Waals surface area (Å²) in [5, 5.41) is 1.11. The van der Waals surface area contributed by atoms with Crippen LogP contribution in [-0.4, -0.2) is 12.8 Å². The first-order chi connectivity index (χ1) is 11.2. The van der Waals surface area contributed by atoms with Gasteiger partial charge in [0.05, 0.1) is 10.7 Å². The van der Waals surface area contributed by atoms with E-state index in [1.54, 1.807) is 11.8 Å². The number of nitrogens with zero attached hydrogens (tertiary/aromatic N) is 1. The van der Waals surface area contributed by atoms with Crippen LogP contribution >= 0.6 is 11.8 Å². The van der Waals surface area contributed by atoms with Crippen molar-refractivity contribution in [2.24, 2.45) is 0 Å². The summed E-state index contributed by atoms with van der Waals surface area (Å²) in [6, 6.07) is 15.9. The lowest BCUT2D eigenvalue weighted by Crippen LogP contribution is -2.09. The molecule has 2 aromatic rings. The van der Waals surface area contributed by atoms with E-state index in [-0.39, 0.29) is 5.78 Å². The minimum atomic E-state index is 0.0608. The quantitative estimate of drug-likeness (QED) is 0.697. The molecule has 3 heteroatoms. The lowest BCUT2D eigenvalue weighted by atomic mass is 10.1. The Morgan fingerprint density at radius 1 is 1.00 bits per heavy atom. The highest BCUT2D eigenvalue weighted by atomic mass is 32.2. The number of hydrogen-bond acceptors (Lipinski definition) is 3. The minimum absolute atomic E-state index is 0.0608. The first-order valence-electron chi connectivity index (χ1n) is 7.43. The van der Waals surface area contributed by atoms with Gasteiger partial charge in [0.25, 0.3) is 0 Å². The van der Waals surface area contributed by atoms with Gasteiger partial charge in [-0.15, -0.1) is 0 Å². The van der Waals surface area contributed by atoms with E-state index in [1.807, 2.05) is 55.6 Å². The SMILES string of the molecule is C=C1/C(=C\C=C2/Sc3ccccc3N2C)C(=O)c2ccccc21. The Kier molecular flexibility index (Phi) is 3.24. The molecule has 0 saturated carbocycles. The van der Waals surface area contributed by atoms with Crippen LogP contribution in [0.25, 0.3) is 5.57 Å². The van der Waals surface area contributed by atoms with Crippen molar-refractivity contribution in [2.75, 3.05) is 11.9 Å². The molecule has 0 spiro atoms. The second-order valence-corrected chi connectivity index (χ2v) is 6.63.